The monoisotopic (exact) mass is 305 g/mol. The van der Waals surface area contributed by atoms with Crippen LogP contribution in [0.5, 0.6) is 0 Å². The molecule has 0 saturated heterocycles. The second-order valence-electron chi connectivity index (χ2n) is 5.62. The van der Waals surface area contributed by atoms with Crippen molar-refractivity contribution < 1.29 is 4.79 Å². The van der Waals surface area contributed by atoms with E-state index in [0.29, 0.717) is 11.8 Å². The molecule has 6 nitrogen and oxygen atoms in total. The third-order valence-corrected chi connectivity index (χ3v) is 4.10. The van der Waals surface area contributed by atoms with E-state index in [0.717, 1.165) is 18.4 Å². The van der Waals surface area contributed by atoms with Crippen LogP contribution in [0.3, 0.4) is 0 Å². The summed E-state index contributed by atoms with van der Waals surface area (Å²) < 4.78 is 0. The summed E-state index contributed by atoms with van der Waals surface area (Å²) in [6.07, 6.45) is 4.92. The Morgan fingerprint density at radius 2 is 1.74 bits per heavy atom. The average molecular weight is 305 g/mol. The van der Waals surface area contributed by atoms with Crippen molar-refractivity contribution in [3.05, 3.63) is 59.9 Å². The summed E-state index contributed by atoms with van der Waals surface area (Å²) in [4.78, 5) is 19.4. The van der Waals surface area contributed by atoms with Gasteiger partial charge in [0.25, 0.3) is 0 Å². The van der Waals surface area contributed by atoms with Crippen LogP contribution in [-0.4, -0.2) is 26.1 Å². The maximum atomic E-state index is 12.4. The van der Waals surface area contributed by atoms with Gasteiger partial charge in [0.05, 0.1) is 0 Å². The zero-order valence-electron chi connectivity index (χ0n) is 12.4. The number of aromatic amines is 1. The summed E-state index contributed by atoms with van der Waals surface area (Å²) in [5.74, 6) is 0.899. The van der Waals surface area contributed by atoms with Crippen LogP contribution in [0, 0.1) is 5.92 Å². The Balaban J connectivity index is 1.45. The van der Waals surface area contributed by atoms with Gasteiger partial charge >= 0.3 is 0 Å². The highest BCUT2D eigenvalue weighted by Crippen LogP contribution is 2.27. The van der Waals surface area contributed by atoms with Crippen LogP contribution < -0.4 is 5.32 Å². The zero-order chi connectivity index (χ0) is 15.6. The van der Waals surface area contributed by atoms with Crippen LogP contribution in [0.4, 0.5) is 5.95 Å². The Morgan fingerprint density at radius 1 is 1.04 bits per heavy atom. The topological polar surface area (TPSA) is 83.6 Å². The number of hydrogen-bond acceptors (Lipinski definition) is 4. The smallest absolute Gasteiger partial charge is 0.230 e. The molecule has 114 valence electrons. The van der Waals surface area contributed by atoms with Gasteiger partial charge in [-0.3, -0.25) is 15.1 Å². The summed E-state index contributed by atoms with van der Waals surface area (Å²) in [7, 11) is 0. The number of carbonyl (C=O) groups is 1. The first-order chi connectivity index (χ1) is 11.3. The molecular formula is C17H15N5O. The number of anilines is 1. The van der Waals surface area contributed by atoms with Crippen LogP contribution in [0.25, 0.3) is 11.4 Å². The molecule has 0 saturated carbocycles. The number of pyridine rings is 1. The molecule has 1 aliphatic carbocycles. The van der Waals surface area contributed by atoms with Gasteiger partial charge in [0.1, 0.15) is 0 Å². The van der Waals surface area contributed by atoms with E-state index >= 15 is 0 Å². The lowest BCUT2D eigenvalue weighted by molar-refractivity contribution is -0.119. The standard InChI is InChI=1S/C17H15N5O/c23-16(14-9-12-3-1-2-4-13(12)10-14)20-17-19-15(21-22-17)11-5-7-18-8-6-11/h1-8,14H,9-10H2,(H2,19,20,21,22,23). The Kier molecular flexibility index (Phi) is 3.34. The second kappa shape index (κ2) is 5.64. The number of rotatable bonds is 3. The summed E-state index contributed by atoms with van der Waals surface area (Å²) in [6, 6.07) is 11.9. The van der Waals surface area contributed by atoms with Gasteiger partial charge in [0, 0.05) is 23.9 Å². The van der Waals surface area contributed by atoms with Crippen molar-refractivity contribution in [2.75, 3.05) is 5.32 Å². The third-order valence-electron chi connectivity index (χ3n) is 4.10. The van der Waals surface area contributed by atoms with Gasteiger partial charge in [-0.2, -0.15) is 0 Å². The average Bonchev–Trinajstić information content (AvgIpc) is 3.22. The van der Waals surface area contributed by atoms with Crippen molar-refractivity contribution in [1.29, 1.82) is 0 Å². The number of amides is 1. The number of carbonyl (C=O) groups excluding carboxylic acids is 1. The molecular weight excluding hydrogens is 290 g/mol. The van der Waals surface area contributed by atoms with E-state index in [1.54, 1.807) is 12.4 Å². The molecule has 23 heavy (non-hydrogen) atoms. The zero-order valence-corrected chi connectivity index (χ0v) is 12.4. The van der Waals surface area contributed by atoms with E-state index in [1.807, 2.05) is 24.3 Å². The van der Waals surface area contributed by atoms with Crippen LogP contribution in [-0.2, 0) is 17.6 Å². The third kappa shape index (κ3) is 2.70. The number of benzene rings is 1. The summed E-state index contributed by atoms with van der Waals surface area (Å²) in [5, 5.41) is 10.9. The van der Waals surface area contributed by atoms with Gasteiger partial charge in [-0.25, -0.2) is 0 Å². The first-order valence-electron chi connectivity index (χ1n) is 7.50. The van der Waals surface area contributed by atoms with Crippen LogP contribution in [0.1, 0.15) is 11.1 Å². The van der Waals surface area contributed by atoms with Crippen molar-refractivity contribution in [2.24, 2.45) is 5.92 Å². The van der Waals surface area contributed by atoms with E-state index in [-0.39, 0.29) is 11.8 Å². The molecule has 0 spiro atoms. The predicted octanol–water partition coefficient (Wildman–Crippen LogP) is 2.22. The largest absolute Gasteiger partial charge is 0.307 e. The molecule has 1 aromatic carbocycles. The quantitative estimate of drug-likeness (QED) is 0.777. The fourth-order valence-corrected chi connectivity index (χ4v) is 2.92. The number of nitrogens with zero attached hydrogens (tertiary/aromatic N) is 3. The number of fused-ring (bicyclic) bond motifs is 1. The van der Waals surface area contributed by atoms with Crippen molar-refractivity contribution in [3.63, 3.8) is 0 Å². The Hall–Kier alpha value is -3.02. The molecule has 0 aliphatic heterocycles. The van der Waals surface area contributed by atoms with Crippen LogP contribution in [0.2, 0.25) is 0 Å². The summed E-state index contributed by atoms with van der Waals surface area (Å²) in [6.45, 7) is 0. The highest BCUT2D eigenvalue weighted by Gasteiger charge is 2.27. The number of hydrogen-bond donors (Lipinski definition) is 2. The number of aromatic nitrogens is 4. The predicted molar refractivity (Wildman–Crippen MR) is 85.6 cm³/mol. The molecule has 0 fully saturated rings. The minimum atomic E-state index is -0.0538. The molecule has 0 bridgehead atoms. The first-order valence-corrected chi connectivity index (χ1v) is 7.50. The lowest BCUT2D eigenvalue weighted by Crippen LogP contribution is -2.23. The molecule has 3 aromatic rings. The Bertz CT molecular complexity index is 818. The first kappa shape index (κ1) is 13.6. The molecule has 4 rings (SSSR count). The maximum absolute atomic E-state index is 12.4. The fraction of sp³-hybridized carbons (Fsp3) is 0.176. The fourth-order valence-electron chi connectivity index (χ4n) is 2.92. The molecule has 0 atom stereocenters. The van der Waals surface area contributed by atoms with Gasteiger partial charge in [-0.05, 0) is 36.1 Å². The number of H-pyrrole nitrogens is 1. The van der Waals surface area contributed by atoms with Gasteiger partial charge in [-0.1, -0.05) is 24.3 Å². The molecule has 0 radical (unpaired) electrons. The van der Waals surface area contributed by atoms with E-state index in [2.05, 4.69) is 37.6 Å². The molecule has 2 aromatic heterocycles. The van der Waals surface area contributed by atoms with Crippen molar-refractivity contribution in [3.8, 4) is 11.4 Å². The molecule has 1 aliphatic rings. The van der Waals surface area contributed by atoms with Gasteiger partial charge in [0.2, 0.25) is 11.9 Å². The molecule has 1 amide bonds. The molecule has 2 heterocycles. The van der Waals surface area contributed by atoms with E-state index in [4.69, 9.17) is 0 Å². The highest BCUT2D eigenvalue weighted by molar-refractivity contribution is 5.92. The van der Waals surface area contributed by atoms with Crippen molar-refractivity contribution in [2.45, 2.75) is 12.8 Å². The minimum Gasteiger partial charge on any atom is -0.307 e. The highest BCUT2D eigenvalue weighted by atomic mass is 16.2. The van der Waals surface area contributed by atoms with Crippen molar-refractivity contribution in [1.82, 2.24) is 20.2 Å². The molecule has 2 N–H and O–H groups in total. The van der Waals surface area contributed by atoms with Gasteiger partial charge in [-0.15, -0.1) is 10.2 Å². The molecule has 0 unspecified atom stereocenters. The normalized spacial score (nSPS) is 13.7. The van der Waals surface area contributed by atoms with Crippen molar-refractivity contribution >= 4 is 11.9 Å². The van der Waals surface area contributed by atoms with E-state index in [1.165, 1.54) is 11.1 Å². The Morgan fingerprint density at radius 3 is 2.43 bits per heavy atom. The summed E-state index contributed by atoms with van der Waals surface area (Å²) >= 11 is 0. The second-order valence-corrected chi connectivity index (χ2v) is 5.62. The Labute approximate surface area is 133 Å². The van der Waals surface area contributed by atoms with Gasteiger partial charge < -0.3 is 4.98 Å². The maximum Gasteiger partial charge on any atom is 0.230 e. The minimum absolute atomic E-state index is 0.0290. The lowest BCUT2D eigenvalue weighted by atomic mass is 10.1. The molecule has 6 heteroatoms. The van der Waals surface area contributed by atoms with Crippen LogP contribution >= 0.6 is 0 Å². The lowest BCUT2D eigenvalue weighted by Gasteiger charge is -2.07. The number of nitrogens with one attached hydrogen (secondary N) is 2. The van der Waals surface area contributed by atoms with Crippen LogP contribution in [0.15, 0.2) is 48.8 Å². The SMILES string of the molecule is O=C(Nc1nnc(-c2ccncc2)[nH]1)C1Cc2ccccc2C1. The van der Waals surface area contributed by atoms with Gasteiger partial charge in [0.15, 0.2) is 5.82 Å². The van der Waals surface area contributed by atoms with E-state index < -0.39 is 0 Å². The summed E-state index contributed by atoms with van der Waals surface area (Å²) in [5.41, 5.74) is 3.38. The van der Waals surface area contributed by atoms with E-state index in [9.17, 15) is 4.79 Å².